The lowest BCUT2D eigenvalue weighted by molar-refractivity contribution is 0.0688. The predicted octanol–water partition coefficient (Wildman–Crippen LogP) is 3.66. The van der Waals surface area contributed by atoms with Gasteiger partial charge in [0.1, 0.15) is 5.69 Å². The van der Waals surface area contributed by atoms with Crippen LogP contribution in [0.4, 0.5) is 0 Å². The summed E-state index contributed by atoms with van der Waals surface area (Å²) in [7, 11) is 0. The van der Waals surface area contributed by atoms with Crippen LogP contribution in [0.3, 0.4) is 0 Å². The van der Waals surface area contributed by atoms with Crippen LogP contribution < -0.4 is 0 Å². The van der Waals surface area contributed by atoms with Crippen molar-refractivity contribution < 1.29 is 9.90 Å². The van der Waals surface area contributed by atoms with E-state index in [0.717, 1.165) is 15.1 Å². The van der Waals surface area contributed by atoms with Gasteiger partial charge in [-0.2, -0.15) is 0 Å². The van der Waals surface area contributed by atoms with Crippen LogP contribution in [0.5, 0.6) is 0 Å². The van der Waals surface area contributed by atoms with Crippen LogP contribution >= 0.6 is 27.7 Å². The molecule has 0 saturated carbocycles. The van der Waals surface area contributed by atoms with Gasteiger partial charge in [-0.15, -0.1) is 11.8 Å². The Hall–Kier alpha value is -1.20. The molecule has 3 nitrogen and oxygen atoms in total. The molecule has 0 spiro atoms. The van der Waals surface area contributed by atoms with Crippen molar-refractivity contribution in [2.24, 2.45) is 0 Å². The first-order chi connectivity index (χ1) is 8.13. The van der Waals surface area contributed by atoms with Crippen LogP contribution in [-0.2, 0) is 0 Å². The van der Waals surface area contributed by atoms with Gasteiger partial charge in [0.25, 0.3) is 0 Å². The Labute approximate surface area is 112 Å². The molecule has 5 heteroatoms. The minimum atomic E-state index is -0.938. The maximum Gasteiger partial charge on any atom is 0.352 e. The second-order valence-corrected chi connectivity index (χ2v) is 5.15. The van der Waals surface area contributed by atoms with Crippen LogP contribution in [-0.4, -0.2) is 21.9 Å². The van der Waals surface area contributed by atoms with Gasteiger partial charge >= 0.3 is 5.97 Å². The molecule has 0 fully saturated rings. The fraction of sp³-hybridized carbons (Fsp3) is 0.0833. The van der Waals surface area contributed by atoms with Crippen molar-refractivity contribution in [1.29, 1.82) is 0 Å². The summed E-state index contributed by atoms with van der Waals surface area (Å²) < 4.78 is 2.43. The highest BCUT2D eigenvalue weighted by atomic mass is 79.9. The van der Waals surface area contributed by atoms with Crippen molar-refractivity contribution in [1.82, 2.24) is 4.57 Å². The molecule has 2 rings (SSSR count). The van der Waals surface area contributed by atoms with Gasteiger partial charge in [0.05, 0.1) is 5.69 Å². The second-order valence-electron chi connectivity index (χ2n) is 3.39. The molecule has 0 atom stereocenters. The average molecular weight is 312 g/mol. The van der Waals surface area contributed by atoms with Gasteiger partial charge in [0.2, 0.25) is 0 Å². The molecule has 0 aliphatic heterocycles. The van der Waals surface area contributed by atoms with Crippen molar-refractivity contribution >= 4 is 33.7 Å². The number of benzene rings is 1. The number of aromatic carboxylic acids is 1. The number of rotatable bonds is 3. The zero-order valence-electron chi connectivity index (χ0n) is 9.05. The summed E-state index contributed by atoms with van der Waals surface area (Å²) in [6.45, 7) is 0. The number of hydrogen-bond acceptors (Lipinski definition) is 2. The van der Waals surface area contributed by atoms with Crippen LogP contribution in [0.25, 0.3) is 5.69 Å². The first-order valence-corrected chi connectivity index (χ1v) is 6.90. The molecule has 1 aromatic heterocycles. The maximum atomic E-state index is 11.2. The van der Waals surface area contributed by atoms with Gasteiger partial charge in [0.15, 0.2) is 0 Å². The molecule has 17 heavy (non-hydrogen) atoms. The third-order valence-electron chi connectivity index (χ3n) is 2.35. The Morgan fingerprint density at radius 2 is 2.12 bits per heavy atom. The first-order valence-electron chi connectivity index (χ1n) is 4.88. The van der Waals surface area contributed by atoms with E-state index in [2.05, 4.69) is 15.9 Å². The van der Waals surface area contributed by atoms with E-state index in [1.165, 1.54) is 0 Å². The van der Waals surface area contributed by atoms with E-state index in [0.29, 0.717) is 0 Å². The topological polar surface area (TPSA) is 42.2 Å². The fourth-order valence-electron chi connectivity index (χ4n) is 1.62. The lowest BCUT2D eigenvalue weighted by Gasteiger charge is -2.10. The largest absolute Gasteiger partial charge is 0.477 e. The lowest BCUT2D eigenvalue weighted by Crippen LogP contribution is -2.06. The molecular weight excluding hydrogens is 302 g/mol. The van der Waals surface area contributed by atoms with Gasteiger partial charge in [-0.3, -0.25) is 0 Å². The van der Waals surface area contributed by atoms with E-state index in [1.54, 1.807) is 28.6 Å². The van der Waals surface area contributed by atoms with Crippen LogP contribution in [0.2, 0.25) is 0 Å². The number of halogens is 1. The number of hydrogen-bond donors (Lipinski definition) is 1. The van der Waals surface area contributed by atoms with E-state index in [9.17, 15) is 4.79 Å². The Kier molecular flexibility index (Phi) is 3.59. The molecule has 0 unspecified atom stereocenters. The molecule has 0 saturated heterocycles. The van der Waals surface area contributed by atoms with Crippen LogP contribution in [0, 0.1) is 0 Å². The summed E-state index contributed by atoms with van der Waals surface area (Å²) in [5.41, 5.74) is 1.13. The molecule has 2 aromatic rings. The van der Waals surface area contributed by atoms with Gasteiger partial charge in [-0.25, -0.2) is 4.79 Å². The molecule has 1 aromatic carbocycles. The van der Waals surface area contributed by atoms with Crippen LogP contribution in [0.15, 0.2) is 45.9 Å². The zero-order chi connectivity index (χ0) is 12.4. The molecule has 0 amide bonds. The highest BCUT2D eigenvalue weighted by Gasteiger charge is 2.14. The number of carbonyl (C=O) groups is 1. The summed E-state index contributed by atoms with van der Waals surface area (Å²) in [4.78, 5) is 12.2. The highest BCUT2D eigenvalue weighted by Crippen LogP contribution is 2.27. The average Bonchev–Trinajstić information content (AvgIpc) is 2.71. The van der Waals surface area contributed by atoms with E-state index in [4.69, 9.17) is 5.11 Å². The van der Waals surface area contributed by atoms with Crippen molar-refractivity contribution in [2.75, 3.05) is 6.26 Å². The summed E-state index contributed by atoms with van der Waals surface area (Å²) in [6, 6.07) is 9.31. The third kappa shape index (κ3) is 2.40. The van der Waals surface area contributed by atoms with E-state index in [1.807, 2.05) is 30.5 Å². The highest BCUT2D eigenvalue weighted by molar-refractivity contribution is 9.10. The van der Waals surface area contributed by atoms with Crippen molar-refractivity contribution in [3.05, 3.63) is 46.7 Å². The molecule has 1 N–H and O–H groups in total. The van der Waals surface area contributed by atoms with E-state index >= 15 is 0 Å². The van der Waals surface area contributed by atoms with Gasteiger partial charge in [-0.05, 0) is 40.4 Å². The smallest absolute Gasteiger partial charge is 0.352 e. The SMILES string of the molecule is CSc1ccccc1-n1cc(Br)cc1C(=O)O. The zero-order valence-corrected chi connectivity index (χ0v) is 11.5. The standard InChI is InChI=1S/C12H10BrNO2S/c1-17-11-5-3-2-4-9(11)14-7-8(13)6-10(14)12(15)16/h2-7H,1H3,(H,15,16). The summed E-state index contributed by atoms with van der Waals surface area (Å²) in [6.07, 6.45) is 3.73. The van der Waals surface area contributed by atoms with Gasteiger partial charge in [-0.1, -0.05) is 12.1 Å². The number of thioether (sulfide) groups is 1. The second kappa shape index (κ2) is 4.98. The van der Waals surface area contributed by atoms with Crippen molar-refractivity contribution in [3.8, 4) is 5.69 Å². The minimum Gasteiger partial charge on any atom is -0.477 e. The number of para-hydroxylation sites is 1. The molecule has 0 bridgehead atoms. The molecular formula is C12H10BrNO2S. The number of aromatic nitrogens is 1. The van der Waals surface area contributed by atoms with E-state index in [-0.39, 0.29) is 5.69 Å². The minimum absolute atomic E-state index is 0.248. The summed E-state index contributed by atoms with van der Waals surface area (Å²) in [5, 5.41) is 9.16. The number of carboxylic acids is 1. The Morgan fingerprint density at radius 1 is 1.41 bits per heavy atom. The van der Waals surface area contributed by atoms with Gasteiger partial charge in [0, 0.05) is 15.6 Å². The number of carboxylic acid groups (broad SMARTS) is 1. The summed E-state index contributed by atoms with van der Waals surface area (Å²) >= 11 is 4.89. The normalized spacial score (nSPS) is 10.5. The molecule has 0 aliphatic carbocycles. The Balaban J connectivity index is 2.63. The summed E-state index contributed by atoms with van der Waals surface area (Å²) in [5.74, 6) is -0.938. The predicted molar refractivity (Wildman–Crippen MR) is 72.2 cm³/mol. The monoisotopic (exact) mass is 311 g/mol. The molecule has 0 radical (unpaired) electrons. The molecule has 88 valence electrons. The van der Waals surface area contributed by atoms with Gasteiger partial charge < -0.3 is 9.67 Å². The van der Waals surface area contributed by atoms with Crippen molar-refractivity contribution in [2.45, 2.75) is 4.90 Å². The van der Waals surface area contributed by atoms with Crippen LogP contribution in [0.1, 0.15) is 10.5 Å². The molecule has 0 aliphatic rings. The third-order valence-corrected chi connectivity index (χ3v) is 3.57. The van der Waals surface area contributed by atoms with Crippen molar-refractivity contribution in [3.63, 3.8) is 0 Å². The Morgan fingerprint density at radius 3 is 2.76 bits per heavy atom. The quantitative estimate of drug-likeness (QED) is 0.880. The number of nitrogens with zero attached hydrogens (tertiary/aromatic N) is 1. The van der Waals surface area contributed by atoms with E-state index < -0.39 is 5.97 Å². The maximum absolute atomic E-state index is 11.2. The Bertz CT molecular complexity index is 565. The molecule has 1 heterocycles. The lowest BCUT2D eigenvalue weighted by atomic mass is 10.3. The fourth-order valence-corrected chi connectivity index (χ4v) is 2.63. The first kappa shape index (κ1) is 12.3.